The second-order valence-corrected chi connectivity index (χ2v) is 10.1. The van der Waals surface area contributed by atoms with E-state index < -0.39 is 59.3 Å². The number of carbonyl (C=O) groups is 1. The Labute approximate surface area is 221 Å². The number of nitrogens with zero attached hydrogens (tertiary/aromatic N) is 4. The van der Waals surface area contributed by atoms with Gasteiger partial charge in [-0.05, 0) is 44.5 Å². The van der Waals surface area contributed by atoms with Gasteiger partial charge in [0.25, 0.3) is 0 Å². The van der Waals surface area contributed by atoms with Crippen LogP contribution in [0.1, 0.15) is 43.1 Å². The van der Waals surface area contributed by atoms with Crippen LogP contribution in [0.2, 0.25) is 0 Å². The summed E-state index contributed by atoms with van der Waals surface area (Å²) < 4.78 is 73.5. The largest absolute Gasteiger partial charge is 0.451 e. The average Bonchev–Trinajstić information content (AvgIpc) is 3.59. The van der Waals surface area contributed by atoms with E-state index in [2.05, 4.69) is 15.3 Å². The molecule has 3 aliphatic heterocycles. The van der Waals surface area contributed by atoms with E-state index in [0.29, 0.717) is 19.4 Å². The molecule has 3 aliphatic rings. The van der Waals surface area contributed by atoms with Gasteiger partial charge in [-0.1, -0.05) is 5.21 Å². The van der Waals surface area contributed by atoms with E-state index in [0.717, 1.165) is 12.1 Å². The molecule has 39 heavy (non-hydrogen) atoms. The summed E-state index contributed by atoms with van der Waals surface area (Å²) in [6, 6.07) is 3.99. The Morgan fingerprint density at radius 1 is 1.15 bits per heavy atom. The normalized spacial score (nSPS) is 29.8. The van der Waals surface area contributed by atoms with E-state index in [1.807, 2.05) is 0 Å². The number of hydrogen-bond acceptors (Lipinski definition) is 9. The first kappa shape index (κ1) is 25.9. The molecule has 6 rings (SSSR count). The molecule has 5 atom stereocenters. The first-order chi connectivity index (χ1) is 18.7. The van der Waals surface area contributed by atoms with Crippen molar-refractivity contribution in [1.82, 2.24) is 20.0 Å². The number of benzene rings is 1. The lowest BCUT2D eigenvalue weighted by atomic mass is 9.87. The van der Waals surface area contributed by atoms with E-state index in [9.17, 15) is 18.0 Å². The minimum atomic E-state index is -1.58. The van der Waals surface area contributed by atoms with Gasteiger partial charge in [0.1, 0.15) is 23.9 Å². The number of hydrogen-bond donors (Lipinski definition) is 0. The van der Waals surface area contributed by atoms with Crippen molar-refractivity contribution in [1.29, 1.82) is 0 Å². The van der Waals surface area contributed by atoms with Gasteiger partial charge in [0.05, 0.1) is 25.0 Å². The molecule has 0 N–H and O–H groups in total. The van der Waals surface area contributed by atoms with E-state index in [4.69, 9.17) is 23.7 Å². The lowest BCUT2D eigenvalue weighted by Crippen LogP contribution is -2.67. The summed E-state index contributed by atoms with van der Waals surface area (Å²) in [6.07, 6.45) is 2.97. The molecule has 0 saturated carbocycles. The fourth-order valence-electron chi connectivity index (χ4n) is 5.29. The Morgan fingerprint density at radius 3 is 2.64 bits per heavy atom. The quantitative estimate of drug-likeness (QED) is 0.359. The van der Waals surface area contributed by atoms with Crippen molar-refractivity contribution in [3.8, 4) is 11.3 Å². The third kappa shape index (κ3) is 4.69. The topological polar surface area (TPSA) is 107 Å². The van der Waals surface area contributed by atoms with Gasteiger partial charge in [-0.3, -0.25) is 4.98 Å². The second-order valence-electron chi connectivity index (χ2n) is 10.1. The van der Waals surface area contributed by atoms with Gasteiger partial charge in [-0.25, -0.2) is 22.6 Å². The highest BCUT2D eigenvalue weighted by Gasteiger charge is 2.62. The zero-order valence-electron chi connectivity index (χ0n) is 21.1. The summed E-state index contributed by atoms with van der Waals surface area (Å²) in [5.41, 5.74) is 0.266. The minimum absolute atomic E-state index is 0.0229. The molecule has 1 aromatic carbocycles. The maximum atomic E-state index is 14.0. The van der Waals surface area contributed by atoms with Crippen LogP contribution in [0.5, 0.6) is 0 Å². The standard InChI is InChI=1S/C26H25F3N4O6/c1-25(2)36-13-19-22(39-25)21(33-12-18(31-32-33)15-9-16(27)20(29)17(28)10-15)23(26(38-19)6-4-8-35-26)37-24(34)14-5-3-7-30-11-14/h3,5,7,9-12,19,21-23H,4,6,8,13H2,1-2H3/t19-,21+,22+,23-,26+/m1/s1. The summed E-state index contributed by atoms with van der Waals surface area (Å²) in [5, 5.41) is 8.29. The van der Waals surface area contributed by atoms with Gasteiger partial charge in [0.15, 0.2) is 29.3 Å². The summed E-state index contributed by atoms with van der Waals surface area (Å²) >= 11 is 0. The van der Waals surface area contributed by atoms with E-state index >= 15 is 0 Å². The predicted octanol–water partition coefficient (Wildman–Crippen LogP) is 3.58. The monoisotopic (exact) mass is 546 g/mol. The molecule has 206 valence electrons. The maximum Gasteiger partial charge on any atom is 0.340 e. The number of pyridine rings is 1. The van der Waals surface area contributed by atoms with E-state index in [1.165, 1.54) is 23.3 Å². The van der Waals surface area contributed by atoms with Crippen LogP contribution in [0.4, 0.5) is 13.2 Å². The SMILES string of the molecule is CC1(C)OC[C@H]2O[C@@]3(CCCO3)[C@H](OC(=O)c3cccnc3)[C@@H](n3cc(-c4cc(F)c(F)c(F)c4)nn3)[C@H]2O1. The molecule has 2 aromatic heterocycles. The molecule has 0 amide bonds. The molecule has 3 fully saturated rings. The number of ether oxygens (including phenoxy) is 5. The molecule has 1 spiro atoms. The number of fused-ring (bicyclic) bond motifs is 1. The van der Waals surface area contributed by atoms with Crippen LogP contribution in [0.25, 0.3) is 11.3 Å². The highest BCUT2D eigenvalue weighted by Crippen LogP contribution is 2.48. The van der Waals surface area contributed by atoms with Crippen LogP contribution in [0, 0.1) is 17.5 Å². The van der Waals surface area contributed by atoms with Gasteiger partial charge in [-0.2, -0.15) is 0 Å². The third-order valence-corrected chi connectivity index (χ3v) is 7.06. The van der Waals surface area contributed by atoms with Crippen LogP contribution in [-0.2, 0) is 23.7 Å². The number of aromatic nitrogens is 4. The maximum absolute atomic E-state index is 14.0. The van der Waals surface area contributed by atoms with Gasteiger partial charge >= 0.3 is 5.97 Å². The van der Waals surface area contributed by atoms with Gasteiger partial charge < -0.3 is 23.7 Å². The second kappa shape index (κ2) is 9.66. The minimum Gasteiger partial charge on any atom is -0.451 e. The molecule has 13 heteroatoms. The number of esters is 1. The summed E-state index contributed by atoms with van der Waals surface area (Å²) in [6.45, 7) is 4.02. The molecule has 3 aromatic rings. The van der Waals surface area contributed by atoms with Crippen LogP contribution < -0.4 is 0 Å². The van der Waals surface area contributed by atoms with Gasteiger partial charge in [-0.15, -0.1) is 5.10 Å². The van der Waals surface area contributed by atoms with Crippen molar-refractivity contribution < 1.29 is 41.7 Å². The fourth-order valence-corrected chi connectivity index (χ4v) is 5.29. The van der Waals surface area contributed by atoms with Crippen LogP contribution in [-0.4, -0.2) is 69.0 Å². The summed E-state index contributed by atoms with van der Waals surface area (Å²) in [5.74, 6) is -7.31. The molecule has 0 aliphatic carbocycles. The Morgan fingerprint density at radius 2 is 1.95 bits per heavy atom. The van der Waals surface area contributed by atoms with Crippen molar-refractivity contribution >= 4 is 5.97 Å². The number of rotatable bonds is 4. The molecule has 3 saturated heterocycles. The Kier molecular flexibility index (Phi) is 6.41. The van der Waals surface area contributed by atoms with Gasteiger partial charge in [0.2, 0.25) is 5.79 Å². The summed E-state index contributed by atoms with van der Waals surface area (Å²) in [4.78, 5) is 17.2. The van der Waals surface area contributed by atoms with Crippen LogP contribution in [0.15, 0.2) is 42.9 Å². The lowest BCUT2D eigenvalue weighted by molar-refractivity contribution is -0.398. The Hall–Kier alpha value is -3.39. The van der Waals surface area contributed by atoms with Crippen molar-refractivity contribution in [3.05, 3.63) is 65.9 Å². The van der Waals surface area contributed by atoms with Gasteiger partial charge in [0, 0.05) is 24.4 Å². The summed E-state index contributed by atoms with van der Waals surface area (Å²) in [7, 11) is 0. The molecule has 0 radical (unpaired) electrons. The van der Waals surface area contributed by atoms with E-state index in [1.54, 1.807) is 26.0 Å². The van der Waals surface area contributed by atoms with E-state index in [-0.39, 0.29) is 23.4 Å². The molecule has 10 nitrogen and oxygen atoms in total. The first-order valence-corrected chi connectivity index (χ1v) is 12.5. The number of carbonyl (C=O) groups excluding carboxylic acids is 1. The first-order valence-electron chi connectivity index (χ1n) is 12.5. The molecule has 5 heterocycles. The Balaban J connectivity index is 1.44. The molecular formula is C26H25F3N4O6. The lowest BCUT2D eigenvalue weighted by Gasteiger charge is -2.53. The zero-order valence-corrected chi connectivity index (χ0v) is 21.1. The fraction of sp³-hybridized carbons (Fsp3) is 0.462. The van der Waals surface area contributed by atoms with Crippen LogP contribution in [0.3, 0.4) is 0 Å². The average molecular weight is 547 g/mol. The van der Waals surface area contributed by atoms with Crippen molar-refractivity contribution in [2.24, 2.45) is 0 Å². The number of halogens is 3. The zero-order chi connectivity index (χ0) is 27.4. The van der Waals surface area contributed by atoms with Crippen LogP contribution >= 0.6 is 0 Å². The Bertz CT molecular complexity index is 1360. The molecule has 0 unspecified atom stereocenters. The smallest absolute Gasteiger partial charge is 0.340 e. The highest BCUT2D eigenvalue weighted by atomic mass is 19.2. The highest BCUT2D eigenvalue weighted by molar-refractivity contribution is 5.89. The van der Waals surface area contributed by atoms with Crippen molar-refractivity contribution in [2.75, 3.05) is 13.2 Å². The third-order valence-electron chi connectivity index (χ3n) is 7.06. The molecule has 0 bridgehead atoms. The van der Waals surface area contributed by atoms with Crippen molar-refractivity contribution in [3.63, 3.8) is 0 Å². The predicted molar refractivity (Wildman–Crippen MR) is 126 cm³/mol. The molecular weight excluding hydrogens is 521 g/mol. The van der Waals surface area contributed by atoms with Crippen molar-refractivity contribution in [2.45, 2.75) is 62.6 Å².